The molecule has 0 bridgehead atoms. The van der Waals surface area contributed by atoms with E-state index in [1.807, 2.05) is 0 Å². The monoisotopic (exact) mass is 126 g/mol. The molecule has 6 heavy (non-hydrogen) atoms. The molecule has 0 amide bonds. The van der Waals surface area contributed by atoms with Gasteiger partial charge in [0.15, 0.2) is 0 Å². The zero-order valence-electron chi connectivity index (χ0n) is 3.71. The Morgan fingerprint density at radius 3 is 1.17 bits per heavy atom. The van der Waals surface area contributed by atoms with Crippen molar-refractivity contribution in [2.75, 3.05) is 0 Å². The van der Waals surface area contributed by atoms with Crippen molar-refractivity contribution in [3.05, 3.63) is 0 Å². The molecule has 0 atom stereocenters. The average molecular weight is 126 g/mol. The first-order valence-corrected chi connectivity index (χ1v) is 1.70. The molecule has 0 aromatic rings. The van der Waals surface area contributed by atoms with Crippen LogP contribution in [0, 0.1) is 0 Å². The summed E-state index contributed by atoms with van der Waals surface area (Å²) in [6, 6.07) is 0. The van der Waals surface area contributed by atoms with Crippen LogP contribution >= 0.6 is 8.60 Å². The summed E-state index contributed by atoms with van der Waals surface area (Å²) in [5.41, 5.74) is 0. The summed E-state index contributed by atoms with van der Waals surface area (Å²) in [7, 11) is -3.12. The fourth-order valence-electron chi connectivity index (χ4n) is 0. The molecule has 0 aromatic heterocycles. The first-order valence-electron chi connectivity index (χ1n) is 0.565. The van der Waals surface area contributed by atoms with Crippen LogP contribution in [0.25, 0.3) is 0 Å². The van der Waals surface area contributed by atoms with E-state index in [1.54, 1.807) is 0 Å². The second-order valence-corrected chi connectivity index (χ2v) is 0.714. The zero-order chi connectivity index (χ0) is 3.58. The Bertz CT molecular complexity index is 13.5. The number of rotatable bonds is 0. The predicted octanol–water partition coefficient (Wildman–Crippen LogP) is -8.07. The summed E-state index contributed by atoms with van der Waals surface area (Å²) < 4.78 is 0. The van der Waals surface area contributed by atoms with Gasteiger partial charge in [0, 0.05) is 0 Å². The standard InChI is InChI=1S/2Na.HO3P/c;;1-4(2)3/h;;1H/q2*+1;-2. The van der Waals surface area contributed by atoms with Crippen LogP contribution in [-0.2, 0) is 0 Å². The molecule has 0 spiro atoms. The Hall–Kier alpha value is 2.31. The van der Waals surface area contributed by atoms with Gasteiger partial charge < -0.3 is 14.7 Å². The Balaban J connectivity index is -0.0000000450. The molecule has 0 radical (unpaired) electrons. The minimum atomic E-state index is -3.12. The Morgan fingerprint density at radius 1 is 1.17 bits per heavy atom. The number of hydrogen-bond acceptors (Lipinski definition) is 3. The van der Waals surface area contributed by atoms with Gasteiger partial charge in [-0.1, -0.05) is 0 Å². The summed E-state index contributed by atoms with van der Waals surface area (Å²) in [4.78, 5) is 24.2. The smallest absolute Gasteiger partial charge is 0.820 e. The topological polar surface area (TPSA) is 66.3 Å². The number of hydrogen-bond donors (Lipinski definition) is 1. The van der Waals surface area contributed by atoms with Gasteiger partial charge in [-0.15, -0.1) is 0 Å². The minimum Gasteiger partial charge on any atom is -0.820 e. The second kappa shape index (κ2) is 10.3. The molecule has 3 nitrogen and oxygen atoms in total. The molecule has 6 heteroatoms. The maximum atomic E-state index is 8.59. The molecule has 0 fully saturated rings. The van der Waals surface area contributed by atoms with Crippen molar-refractivity contribution in [3.63, 3.8) is 0 Å². The normalized spacial score (nSPS) is 6.00. The van der Waals surface area contributed by atoms with Crippen molar-refractivity contribution in [1.29, 1.82) is 0 Å². The summed E-state index contributed by atoms with van der Waals surface area (Å²) in [6.07, 6.45) is 0. The van der Waals surface area contributed by atoms with Crippen LogP contribution in [0.5, 0.6) is 0 Å². The maximum Gasteiger partial charge on any atom is 1.00 e. The molecule has 0 rings (SSSR count). The van der Waals surface area contributed by atoms with Crippen LogP contribution in [0.3, 0.4) is 0 Å². The van der Waals surface area contributed by atoms with Crippen molar-refractivity contribution in [1.82, 2.24) is 0 Å². The SMILES string of the molecule is [Na+].[Na+].[O-]P([O-])O. The molecule has 0 aliphatic rings. The summed E-state index contributed by atoms with van der Waals surface area (Å²) in [5, 5.41) is 0. The fourth-order valence-corrected chi connectivity index (χ4v) is 0. The maximum absolute atomic E-state index is 8.59. The second-order valence-electron chi connectivity index (χ2n) is 0.238. The van der Waals surface area contributed by atoms with Gasteiger partial charge in [-0.2, -0.15) is 8.60 Å². The van der Waals surface area contributed by atoms with Crippen LogP contribution in [0.15, 0.2) is 0 Å². The Labute approximate surface area is 81.3 Å². The molecule has 0 saturated heterocycles. The summed E-state index contributed by atoms with van der Waals surface area (Å²) in [5.74, 6) is 0. The molecule has 1 N–H and O–H groups in total. The fraction of sp³-hybridized carbons (Fsp3) is 0. The van der Waals surface area contributed by atoms with Gasteiger partial charge in [0.25, 0.3) is 0 Å². The molecule has 0 aliphatic carbocycles. The molecule has 26 valence electrons. The van der Waals surface area contributed by atoms with E-state index >= 15 is 0 Å². The summed E-state index contributed by atoms with van der Waals surface area (Å²) >= 11 is 0. The van der Waals surface area contributed by atoms with E-state index in [1.165, 1.54) is 0 Å². The van der Waals surface area contributed by atoms with Crippen molar-refractivity contribution in [2.24, 2.45) is 0 Å². The van der Waals surface area contributed by atoms with Gasteiger partial charge in [-0.3, -0.25) is 0 Å². The molecule has 0 heterocycles. The van der Waals surface area contributed by atoms with E-state index in [9.17, 15) is 0 Å². The van der Waals surface area contributed by atoms with E-state index in [-0.39, 0.29) is 59.1 Å². The van der Waals surface area contributed by atoms with Crippen LogP contribution in [-0.4, -0.2) is 4.89 Å². The Kier molecular flexibility index (Phi) is 27.1. The van der Waals surface area contributed by atoms with Gasteiger partial charge in [0.05, 0.1) is 0 Å². The van der Waals surface area contributed by atoms with Gasteiger partial charge in [-0.05, 0) is 0 Å². The molecular weight excluding hydrogens is 125 g/mol. The van der Waals surface area contributed by atoms with Crippen molar-refractivity contribution >= 4 is 8.60 Å². The van der Waals surface area contributed by atoms with Crippen LogP contribution < -0.4 is 68.9 Å². The van der Waals surface area contributed by atoms with Crippen molar-refractivity contribution < 1.29 is 73.8 Å². The van der Waals surface area contributed by atoms with E-state index < -0.39 is 8.60 Å². The first kappa shape index (κ1) is 15.7. The van der Waals surface area contributed by atoms with E-state index in [0.29, 0.717) is 0 Å². The average Bonchev–Trinajstić information content (AvgIpc) is 0.811. The molecule has 0 saturated carbocycles. The molecule has 0 unspecified atom stereocenters. The van der Waals surface area contributed by atoms with Crippen molar-refractivity contribution in [2.45, 2.75) is 0 Å². The van der Waals surface area contributed by atoms with Crippen LogP contribution in [0.1, 0.15) is 0 Å². The third-order valence-electron chi connectivity index (χ3n) is 0. The molecule has 0 aromatic carbocycles. The molecular formula is HNa2O3P. The van der Waals surface area contributed by atoms with Gasteiger partial charge in [-0.25, -0.2) is 0 Å². The van der Waals surface area contributed by atoms with E-state index in [0.717, 1.165) is 0 Å². The van der Waals surface area contributed by atoms with E-state index in [4.69, 9.17) is 14.7 Å². The van der Waals surface area contributed by atoms with Gasteiger partial charge in [0.2, 0.25) is 0 Å². The third kappa shape index (κ3) is 33.3. The van der Waals surface area contributed by atoms with Crippen LogP contribution in [0.4, 0.5) is 0 Å². The largest absolute Gasteiger partial charge is 1.00 e. The quantitative estimate of drug-likeness (QED) is 0.259. The van der Waals surface area contributed by atoms with Gasteiger partial charge in [0.1, 0.15) is 0 Å². The third-order valence-corrected chi connectivity index (χ3v) is 0. The van der Waals surface area contributed by atoms with Gasteiger partial charge >= 0.3 is 59.1 Å². The molecule has 0 aliphatic heterocycles. The first-order chi connectivity index (χ1) is 1.73. The Morgan fingerprint density at radius 2 is 1.17 bits per heavy atom. The van der Waals surface area contributed by atoms with Crippen LogP contribution in [0.2, 0.25) is 0 Å². The minimum absolute atomic E-state index is 0. The summed E-state index contributed by atoms with van der Waals surface area (Å²) in [6.45, 7) is 0. The predicted molar refractivity (Wildman–Crippen MR) is 9.14 cm³/mol. The van der Waals surface area contributed by atoms with Crippen molar-refractivity contribution in [3.8, 4) is 0 Å². The van der Waals surface area contributed by atoms with E-state index in [2.05, 4.69) is 0 Å². The zero-order valence-corrected chi connectivity index (χ0v) is 8.61.